The zero-order valence-corrected chi connectivity index (χ0v) is 15.8. The minimum absolute atomic E-state index is 0.802. The molecule has 3 aromatic rings. The first-order valence-corrected chi connectivity index (χ1v) is 9.76. The summed E-state index contributed by atoms with van der Waals surface area (Å²) in [6.07, 6.45) is 9.18. The predicted octanol–water partition coefficient (Wildman–Crippen LogP) is 6.26. The molecule has 25 heavy (non-hydrogen) atoms. The number of aryl methyl sites for hydroxylation is 2. The topological polar surface area (TPSA) is 27.1 Å². The third kappa shape index (κ3) is 3.81. The summed E-state index contributed by atoms with van der Waals surface area (Å²) in [6, 6.07) is 8.68. The molecule has 0 fully saturated rings. The minimum atomic E-state index is 0.802. The fourth-order valence-corrected chi connectivity index (χ4v) is 3.58. The van der Waals surface area contributed by atoms with Crippen molar-refractivity contribution in [3.63, 3.8) is 0 Å². The molecule has 0 radical (unpaired) electrons. The molecule has 0 saturated carbocycles. The number of hydrogen-bond donors (Lipinski definition) is 0. The number of benzene rings is 1. The van der Waals surface area contributed by atoms with Gasteiger partial charge >= 0.3 is 0 Å². The summed E-state index contributed by atoms with van der Waals surface area (Å²) in [4.78, 5) is 4.53. The highest BCUT2D eigenvalue weighted by atomic mass is 16.5. The van der Waals surface area contributed by atoms with E-state index in [0.29, 0.717) is 0 Å². The van der Waals surface area contributed by atoms with Crippen LogP contribution in [0, 0.1) is 6.92 Å². The lowest BCUT2D eigenvalue weighted by Crippen LogP contribution is -2.00. The Morgan fingerprint density at radius 1 is 0.960 bits per heavy atom. The van der Waals surface area contributed by atoms with Crippen molar-refractivity contribution in [2.45, 2.75) is 65.8 Å². The number of unbranched alkanes of at least 4 members (excludes halogenated alkanes) is 4. The van der Waals surface area contributed by atoms with Gasteiger partial charge in [0.1, 0.15) is 5.75 Å². The van der Waals surface area contributed by atoms with E-state index in [1.807, 2.05) is 6.20 Å². The Morgan fingerprint density at radius 2 is 1.76 bits per heavy atom. The molecule has 0 aliphatic heterocycles. The first-order valence-electron chi connectivity index (χ1n) is 9.76. The first-order chi connectivity index (χ1) is 12.3. The smallest absolute Gasteiger partial charge is 0.121 e. The van der Waals surface area contributed by atoms with Crippen molar-refractivity contribution < 1.29 is 4.74 Å². The lowest BCUT2D eigenvalue weighted by molar-refractivity contribution is 0.306. The van der Waals surface area contributed by atoms with E-state index >= 15 is 0 Å². The number of nitrogens with zero attached hydrogens (tertiary/aromatic N) is 2. The molecule has 0 N–H and O–H groups in total. The highest BCUT2D eigenvalue weighted by molar-refractivity contribution is 6.09. The van der Waals surface area contributed by atoms with E-state index in [0.717, 1.165) is 31.0 Å². The van der Waals surface area contributed by atoms with Crippen molar-refractivity contribution in [2.24, 2.45) is 0 Å². The molecule has 0 spiro atoms. The van der Waals surface area contributed by atoms with E-state index in [-0.39, 0.29) is 0 Å². The average molecular weight is 338 g/mol. The lowest BCUT2D eigenvalue weighted by Gasteiger charge is -2.10. The molecular weight excluding hydrogens is 308 g/mol. The largest absolute Gasteiger partial charge is 0.494 e. The van der Waals surface area contributed by atoms with Crippen LogP contribution in [0.2, 0.25) is 0 Å². The monoisotopic (exact) mass is 338 g/mol. The van der Waals surface area contributed by atoms with Crippen LogP contribution in [0.5, 0.6) is 5.75 Å². The van der Waals surface area contributed by atoms with Gasteiger partial charge in [-0.25, -0.2) is 0 Å². The van der Waals surface area contributed by atoms with Gasteiger partial charge in [-0.15, -0.1) is 0 Å². The molecule has 3 rings (SSSR count). The highest BCUT2D eigenvalue weighted by Crippen LogP contribution is 2.33. The fraction of sp³-hybridized carbons (Fsp3) is 0.500. The van der Waals surface area contributed by atoms with Crippen LogP contribution < -0.4 is 4.74 Å². The van der Waals surface area contributed by atoms with E-state index in [4.69, 9.17) is 4.74 Å². The SMILES string of the molecule is CCCCCOc1ccc2c3ccnc(C)c3n(CCCCC)c2c1. The molecule has 2 aromatic heterocycles. The van der Waals surface area contributed by atoms with Crippen LogP contribution in [0.3, 0.4) is 0 Å². The Bertz CT molecular complexity index is 835. The van der Waals surface area contributed by atoms with Gasteiger partial charge in [0.25, 0.3) is 0 Å². The van der Waals surface area contributed by atoms with Crippen molar-refractivity contribution >= 4 is 21.8 Å². The number of hydrogen-bond acceptors (Lipinski definition) is 2. The van der Waals surface area contributed by atoms with Gasteiger partial charge in [0, 0.05) is 29.6 Å². The van der Waals surface area contributed by atoms with Crippen molar-refractivity contribution in [3.8, 4) is 5.75 Å². The van der Waals surface area contributed by atoms with E-state index in [1.54, 1.807) is 0 Å². The summed E-state index contributed by atoms with van der Waals surface area (Å²) in [5, 5.41) is 2.61. The summed E-state index contributed by atoms with van der Waals surface area (Å²) < 4.78 is 8.44. The first kappa shape index (κ1) is 17.8. The fourth-order valence-electron chi connectivity index (χ4n) is 3.58. The Balaban J connectivity index is 1.99. The van der Waals surface area contributed by atoms with E-state index in [9.17, 15) is 0 Å². The molecule has 0 bridgehead atoms. The highest BCUT2D eigenvalue weighted by Gasteiger charge is 2.13. The van der Waals surface area contributed by atoms with Gasteiger partial charge < -0.3 is 9.30 Å². The molecule has 3 nitrogen and oxygen atoms in total. The molecule has 0 atom stereocenters. The Labute approximate surface area is 151 Å². The van der Waals surface area contributed by atoms with Crippen LogP contribution in [-0.4, -0.2) is 16.2 Å². The van der Waals surface area contributed by atoms with Gasteiger partial charge in [0.05, 0.1) is 23.3 Å². The third-order valence-electron chi connectivity index (χ3n) is 4.93. The Kier molecular flexibility index (Phi) is 5.95. The maximum Gasteiger partial charge on any atom is 0.121 e. The van der Waals surface area contributed by atoms with Crippen LogP contribution in [0.25, 0.3) is 21.8 Å². The number of pyridine rings is 1. The third-order valence-corrected chi connectivity index (χ3v) is 4.93. The summed E-state index contributed by atoms with van der Waals surface area (Å²) in [5.74, 6) is 0.980. The Hall–Kier alpha value is -2.03. The number of ether oxygens (including phenoxy) is 1. The van der Waals surface area contributed by atoms with Crippen LogP contribution in [0.4, 0.5) is 0 Å². The van der Waals surface area contributed by atoms with E-state index < -0.39 is 0 Å². The summed E-state index contributed by atoms with van der Waals surface area (Å²) >= 11 is 0. The van der Waals surface area contributed by atoms with Gasteiger partial charge in [-0.1, -0.05) is 39.5 Å². The second kappa shape index (κ2) is 8.37. The van der Waals surface area contributed by atoms with Gasteiger partial charge in [-0.3, -0.25) is 4.98 Å². The lowest BCUT2D eigenvalue weighted by atomic mass is 10.1. The second-order valence-electron chi connectivity index (χ2n) is 6.89. The molecule has 0 unspecified atom stereocenters. The molecular formula is C22H30N2O. The van der Waals surface area contributed by atoms with Crippen molar-refractivity contribution in [3.05, 3.63) is 36.2 Å². The van der Waals surface area contributed by atoms with Gasteiger partial charge in [0.2, 0.25) is 0 Å². The van der Waals surface area contributed by atoms with Crippen LogP contribution in [0.1, 0.15) is 58.1 Å². The van der Waals surface area contributed by atoms with Crippen molar-refractivity contribution in [2.75, 3.05) is 6.61 Å². The molecule has 1 aromatic carbocycles. The summed E-state index contributed by atoms with van der Waals surface area (Å²) in [6.45, 7) is 8.42. The maximum atomic E-state index is 5.99. The van der Waals surface area contributed by atoms with Crippen molar-refractivity contribution in [1.29, 1.82) is 0 Å². The summed E-state index contributed by atoms with van der Waals surface area (Å²) in [5.41, 5.74) is 3.66. The van der Waals surface area contributed by atoms with E-state index in [2.05, 4.69) is 54.6 Å². The zero-order valence-electron chi connectivity index (χ0n) is 15.8. The maximum absolute atomic E-state index is 5.99. The molecule has 0 amide bonds. The van der Waals surface area contributed by atoms with Crippen LogP contribution in [0.15, 0.2) is 30.5 Å². The minimum Gasteiger partial charge on any atom is -0.494 e. The molecule has 0 aliphatic carbocycles. The van der Waals surface area contributed by atoms with Crippen LogP contribution >= 0.6 is 0 Å². The predicted molar refractivity (Wildman–Crippen MR) is 107 cm³/mol. The van der Waals surface area contributed by atoms with E-state index in [1.165, 1.54) is 53.9 Å². The molecule has 134 valence electrons. The average Bonchev–Trinajstić information content (AvgIpc) is 2.94. The second-order valence-corrected chi connectivity index (χ2v) is 6.89. The molecule has 0 saturated heterocycles. The number of fused-ring (bicyclic) bond motifs is 3. The molecule has 0 aliphatic rings. The summed E-state index contributed by atoms with van der Waals surface area (Å²) in [7, 11) is 0. The number of aromatic nitrogens is 2. The molecule has 2 heterocycles. The standard InChI is InChI=1S/C22H30N2O/c1-4-6-8-14-24-21-16-18(25-15-9-7-5-2)10-11-19(21)20-12-13-23-17(3)22(20)24/h10-13,16H,4-9,14-15H2,1-3H3. The Morgan fingerprint density at radius 3 is 2.56 bits per heavy atom. The van der Waals surface area contributed by atoms with Gasteiger partial charge in [-0.05, 0) is 38.0 Å². The molecule has 3 heteroatoms. The van der Waals surface area contributed by atoms with Crippen molar-refractivity contribution in [1.82, 2.24) is 9.55 Å². The number of rotatable bonds is 9. The zero-order chi connectivity index (χ0) is 17.6. The normalized spacial score (nSPS) is 11.5. The van der Waals surface area contributed by atoms with Gasteiger partial charge in [0.15, 0.2) is 0 Å². The van der Waals surface area contributed by atoms with Crippen LogP contribution in [-0.2, 0) is 6.54 Å². The van der Waals surface area contributed by atoms with Gasteiger partial charge in [-0.2, -0.15) is 0 Å². The quantitative estimate of drug-likeness (QED) is 0.431.